The lowest BCUT2D eigenvalue weighted by atomic mass is 9.94. The van der Waals surface area contributed by atoms with Crippen LogP contribution in [0, 0.1) is 5.92 Å². The number of nitrogens with one attached hydrogen (secondary N) is 2. The molecule has 0 aromatic carbocycles. The molecule has 0 spiro atoms. The van der Waals surface area contributed by atoms with Crippen molar-refractivity contribution in [2.45, 2.75) is 51.7 Å². The number of aromatic nitrogens is 3. The largest absolute Gasteiger partial charge is 0.348 e. The van der Waals surface area contributed by atoms with Crippen molar-refractivity contribution in [1.29, 1.82) is 0 Å². The molecule has 24 heavy (non-hydrogen) atoms. The van der Waals surface area contributed by atoms with Gasteiger partial charge < -0.3 is 10.6 Å². The van der Waals surface area contributed by atoms with E-state index in [2.05, 4.69) is 34.6 Å². The molecule has 1 fully saturated rings. The summed E-state index contributed by atoms with van der Waals surface area (Å²) in [5, 5.41) is 12.1. The molecule has 2 aromatic heterocycles. The van der Waals surface area contributed by atoms with Crippen LogP contribution in [0.5, 0.6) is 0 Å². The quantitative estimate of drug-likeness (QED) is 0.840. The minimum atomic E-state index is -0.0250. The number of carbonyl (C=O) groups is 1. The molecule has 1 aliphatic heterocycles. The number of aryl methyl sites for hydroxylation is 1. The molecule has 130 valence electrons. The number of thiazole rings is 1. The highest BCUT2D eigenvalue weighted by molar-refractivity contribution is 7.11. The van der Waals surface area contributed by atoms with Crippen molar-refractivity contribution < 1.29 is 4.79 Å². The number of hydrogen-bond acceptors (Lipinski definition) is 5. The molecule has 7 heteroatoms. The van der Waals surface area contributed by atoms with Crippen molar-refractivity contribution in [2.24, 2.45) is 13.0 Å². The van der Waals surface area contributed by atoms with Gasteiger partial charge in [0.1, 0.15) is 0 Å². The van der Waals surface area contributed by atoms with Gasteiger partial charge in [0.15, 0.2) is 0 Å². The van der Waals surface area contributed by atoms with Crippen LogP contribution in [0.2, 0.25) is 0 Å². The highest BCUT2D eigenvalue weighted by atomic mass is 32.1. The molecule has 0 aliphatic carbocycles. The Morgan fingerprint density at radius 1 is 1.46 bits per heavy atom. The molecule has 1 amide bonds. The van der Waals surface area contributed by atoms with Crippen LogP contribution in [-0.4, -0.2) is 26.7 Å². The van der Waals surface area contributed by atoms with Crippen molar-refractivity contribution >= 4 is 17.2 Å². The number of amides is 1. The van der Waals surface area contributed by atoms with Crippen molar-refractivity contribution in [3.05, 3.63) is 34.0 Å². The Morgan fingerprint density at radius 2 is 2.29 bits per heavy atom. The van der Waals surface area contributed by atoms with Crippen LogP contribution in [0.1, 0.15) is 48.2 Å². The minimum absolute atomic E-state index is 0.0250. The maximum Gasteiger partial charge on any atom is 0.220 e. The molecule has 0 saturated carbocycles. The Bertz CT molecular complexity index is 693. The van der Waals surface area contributed by atoms with Crippen LogP contribution in [0.25, 0.3) is 0 Å². The Kier molecular flexibility index (Phi) is 5.30. The lowest BCUT2D eigenvalue weighted by molar-refractivity contribution is -0.123. The third-order valence-electron chi connectivity index (χ3n) is 4.21. The van der Waals surface area contributed by atoms with Gasteiger partial charge in [0.05, 0.1) is 17.2 Å². The zero-order valence-corrected chi connectivity index (χ0v) is 15.3. The fourth-order valence-electron chi connectivity index (χ4n) is 3.04. The second-order valence-corrected chi connectivity index (χ2v) is 8.04. The summed E-state index contributed by atoms with van der Waals surface area (Å²) >= 11 is 1.77. The van der Waals surface area contributed by atoms with Gasteiger partial charge in [-0.05, 0) is 12.3 Å². The monoisotopic (exact) mass is 347 g/mol. The van der Waals surface area contributed by atoms with Gasteiger partial charge in [-0.3, -0.25) is 9.48 Å². The van der Waals surface area contributed by atoms with E-state index in [4.69, 9.17) is 0 Å². The van der Waals surface area contributed by atoms with E-state index < -0.39 is 0 Å². The molecule has 2 N–H and O–H groups in total. The highest BCUT2D eigenvalue weighted by Crippen LogP contribution is 2.25. The zero-order valence-electron chi connectivity index (χ0n) is 14.5. The number of piperidine rings is 1. The summed E-state index contributed by atoms with van der Waals surface area (Å²) < 4.78 is 1.77. The first kappa shape index (κ1) is 17.1. The third-order valence-corrected chi connectivity index (χ3v) is 5.23. The number of carbonyl (C=O) groups excluding carboxylic acids is 1. The van der Waals surface area contributed by atoms with Crippen LogP contribution >= 0.6 is 11.3 Å². The molecule has 1 aliphatic rings. The summed E-state index contributed by atoms with van der Waals surface area (Å²) in [6.07, 6.45) is 8.20. The van der Waals surface area contributed by atoms with E-state index in [1.54, 1.807) is 16.0 Å². The molecule has 2 atom stereocenters. The number of nitrogens with zero attached hydrogens (tertiary/aromatic N) is 3. The maximum atomic E-state index is 11.8. The predicted octanol–water partition coefficient (Wildman–Crippen LogP) is 2.18. The number of rotatable bonds is 6. The van der Waals surface area contributed by atoms with Gasteiger partial charge in [0.2, 0.25) is 5.91 Å². The van der Waals surface area contributed by atoms with Gasteiger partial charge >= 0.3 is 0 Å². The molecular weight excluding hydrogens is 322 g/mol. The third kappa shape index (κ3) is 4.21. The van der Waals surface area contributed by atoms with Gasteiger partial charge in [-0.2, -0.15) is 5.10 Å². The van der Waals surface area contributed by atoms with Crippen LogP contribution < -0.4 is 10.6 Å². The van der Waals surface area contributed by atoms with Gasteiger partial charge in [-0.25, -0.2) is 4.98 Å². The van der Waals surface area contributed by atoms with Gasteiger partial charge in [0.25, 0.3) is 0 Å². The fourth-order valence-corrected chi connectivity index (χ4v) is 4.13. The molecule has 3 heterocycles. The summed E-state index contributed by atoms with van der Waals surface area (Å²) in [4.78, 5) is 17.6. The SMILES string of the molecule is CC(C)Cc1ncc(CN[C@@H]2CCC(=O)N[C@H]2c2cnn(C)c2)s1. The normalized spacial score (nSPS) is 21.2. The number of hydrogen-bond donors (Lipinski definition) is 2. The topological polar surface area (TPSA) is 71.8 Å². The van der Waals surface area contributed by atoms with E-state index in [1.807, 2.05) is 25.6 Å². The van der Waals surface area contributed by atoms with Gasteiger partial charge in [-0.15, -0.1) is 11.3 Å². The molecule has 0 bridgehead atoms. The lowest BCUT2D eigenvalue weighted by Crippen LogP contribution is -2.48. The van der Waals surface area contributed by atoms with Crippen molar-refractivity contribution in [3.63, 3.8) is 0 Å². The lowest BCUT2D eigenvalue weighted by Gasteiger charge is -2.32. The predicted molar refractivity (Wildman–Crippen MR) is 94.6 cm³/mol. The Hall–Kier alpha value is -1.73. The van der Waals surface area contributed by atoms with Crippen molar-refractivity contribution in [1.82, 2.24) is 25.4 Å². The summed E-state index contributed by atoms with van der Waals surface area (Å²) in [5.41, 5.74) is 1.05. The van der Waals surface area contributed by atoms with E-state index >= 15 is 0 Å². The zero-order chi connectivity index (χ0) is 17.1. The summed E-state index contributed by atoms with van der Waals surface area (Å²) in [6.45, 7) is 5.21. The Balaban J connectivity index is 1.63. The molecule has 0 radical (unpaired) electrons. The van der Waals surface area contributed by atoms with Crippen LogP contribution in [0.15, 0.2) is 18.6 Å². The molecule has 6 nitrogen and oxygen atoms in total. The fraction of sp³-hybridized carbons (Fsp3) is 0.588. The smallest absolute Gasteiger partial charge is 0.220 e. The Morgan fingerprint density at radius 3 is 3.00 bits per heavy atom. The Labute approximate surface area is 146 Å². The van der Waals surface area contributed by atoms with E-state index in [0.717, 1.165) is 24.9 Å². The van der Waals surface area contributed by atoms with Gasteiger partial charge in [0, 0.05) is 55.3 Å². The molecule has 3 rings (SSSR count). The first-order chi connectivity index (χ1) is 11.5. The van der Waals surface area contributed by atoms with Crippen molar-refractivity contribution in [3.8, 4) is 0 Å². The van der Waals surface area contributed by atoms with Crippen LogP contribution in [0.4, 0.5) is 0 Å². The standard InChI is InChI=1S/C17H25N5OS/c1-11(2)6-16-19-9-13(24-16)8-18-14-4-5-15(23)21-17(14)12-7-20-22(3)10-12/h7,9-11,14,17-18H,4-6,8H2,1-3H3,(H,21,23)/t14-,17+/m1/s1. The van der Waals surface area contributed by atoms with Crippen LogP contribution in [0.3, 0.4) is 0 Å². The summed E-state index contributed by atoms with van der Waals surface area (Å²) in [6, 6.07) is 0.186. The summed E-state index contributed by atoms with van der Waals surface area (Å²) in [5.74, 6) is 0.736. The highest BCUT2D eigenvalue weighted by Gasteiger charge is 2.30. The van der Waals surface area contributed by atoms with E-state index in [0.29, 0.717) is 12.3 Å². The van der Waals surface area contributed by atoms with E-state index in [9.17, 15) is 4.79 Å². The molecule has 0 unspecified atom stereocenters. The van der Waals surface area contributed by atoms with Crippen molar-refractivity contribution in [2.75, 3.05) is 0 Å². The maximum absolute atomic E-state index is 11.8. The minimum Gasteiger partial charge on any atom is -0.348 e. The second kappa shape index (κ2) is 7.44. The molecular formula is C17H25N5OS. The van der Waals surface area contributed by atoms with E-state index in [1.165, 1.54) is 9.88 Å². The average Bonchev–Trinajstić information content (AvgIpc) is 3.14. The molecule has 1 saturated heterocycles. The van der Waals surface area contributed by atoms with Gasteiger partial charge in [-0.1, -0.05) is 13.8 Å². The first-order valence-electron chi connectivity index (χ1n) is 8.46. The second-order valence-electron chi connectivity index (χ2n) is 6.84. The first-order valence-corrected chi connectivity index (χ1v) is 9.28. The van der Waals surface area contributed by atoms with Crippen LogP contribution in [-0.2, 0) is 24.8 Å². The molecule has 2 aromatic rings. The average molecular weight is 347 g/mol. The van der Waals surface area contributed by atoms with E-state index in [-0.39, 0.29) is 18.0 Å². The summed E-state index contributed by atoms with van der Waals surface area (Å²) in [7, 11) is 1.89.